The van der Waals surface area contributed by atoms with Crippen LogP contribution in [0.2, 0.25) is 0 Å². The smallest absolute Gasteiger partial charge is 0.217 e. The van der Waals surface area contributed by atoms with Crippen LogP contribution in [0.5, 0.6) is 0 Å². The second-order valence-electron chi connectivity index (χ2n) is 2.64. The highest BCUT2D eigenvalue weighted by Gasteiger charge is 1.98. The van der Waals surface area contributed by atoms with Crippen molar-refractivity contribution in [3.05, 3.63) is 5.82 Å². The molecule has 72 valence electrons. The largest absolute Gasteiger partial charge is 0.370 e. The number of rotatable bonds is 5. The van der Waals surface area contributed by atoms with Gasteiger partial charge in [0, 0.05) is 24.5 Å². The Morgan fingerprint density at radius 2 is 2.46 bits per heavy atom. The molecule has 13 heavy (non-hydrogen) atoms. The highest BCUT2D eigenvalue weighted by Crippen LogP contribution is 2.09. The number of nitrogens with one attached hydrogen (secondary N) is 1. The number of aryl methyl sites for hydroxylation is 1. The molecule has 0 saturated carbocycles. The van der Waals surface area contributed by atoms with Gasteiger partial charge >= 0.3 is 0 Å². The first kappa shape index (κ1) is 9.91. The molecular formula is C7H12N4OS. The topological polar surface area (TPSA) is 80.9 Å². The molecule has 0 aliphatic heterocycles. The molecule has 0 atom stereocenters. The molecule has 1 rings (SSSR count). The minimum absolute atomic E-state index is 0.268. The molecule has 6 heteroatoms. The minimum Gasteiger partial charge on any atom is -0.370 e. The summed E-state index contributed by atoms with van der Waals surface area (Å²) in [6, 6.07) is 0. The predicted octanol–water partition coefficient (Wildman–Crippen LogP) is 0.524. The molecule has 0 saturated heterocycles. The van der Waals surface area contributed by atoms with E-state index in [1.54, 1.807) is 0 Å². The van der Waals surface area contributed by atoms with Gasteiger partial charge in [-0.3, -0.25) is 4.79 Å². The van der Waals surface area contributed by atoms with E-state index in [9.17, 15) is 4.79 Å². The maximum absolute atomic E-state index is 10.4. The summed E-state index contributed by atoms with van der Waals surface area (Å²) >= 11 is 1.32. The van der Waals surface area contributed by atoms with Gasteiger partial charge in [-0.2, -0.15) is 4.37 Å². The fourth-order valence-electron chi connectivity index (χ4n) is 0.827. The van der Waals surface area contributed by atoms with Gasteiger partial charge in [0.15, 0.2) is 0 Å². The number of hydrogen-bond acceptors (Lipinski definition) is 5. The number of nitrogens with two attached hydrogens (primary N) is 1. The normalized spacial score (nSPS) is 9.92. The first-order chi connectivity index (χ1) is 6.18. The van der Waals surface area contributed by atoms with Crippen LogP contribution in [0.3, 0.4) is 0 Å². The first-order valence-corrected chi connectivity index (χ1v) is 4.78. The summed E-state index contributed by atoms with van der Waals surface area (Å²) in [7, 11) is 0. The molecular weight excluding hydrogens is 188 g/mol. The van der Waals surface area contributed by atoms with Crippen molar-refractivity contribution in [1.82, 2.24) is 9.36 Å². The van der Waals surface area contributed by atoms with Crippen molar-refractivity contribution >= 4 is 22.6 Å². The van der Waals surface area contributed by atoms with Crippen molar-refractivity contribution in [1.29, 1.82) is 0 Å². The van der Waals surface area contributed by atoms with E-state index in [4.69, 9.17) is 5.73 Å². The second kappa shape index (κ2) is 4.76. The zero-order chi connectivity index (χ0) is 9.68. The average Bonchev–Trinajstić information content (AvgIpc) is 2.45. The third-order valence-electron chi connectivity index (χ3n) is 1.40. The molecule has 0 unspecified atom stereocenters. The van der Waals surface area contributed by atoms with Crippen LogP contribution < -0.4 is 11.1 Å². The second-order valence-corrected chi connectivity index (χ2v) is 3.40. The van der Waals surface area contributed by atoms with E-state index in [1.165, 1.54) is 11.5 Å². The maximum Gasteiger partial charge on any atom is 0.217 e. The van der Waals surface area contributed by atoms with Gasteiger partial charge in [-0.15, -0.1) is 0 Å². The Morgan fingerprint density at radius 1 is 1.69 bits per heavy atom. The number of aromatic nitrogens is 2. The van der Waals surface area contributed by atoms with Crippen LogP contribution in [0.15, 0.2) is 0 Å². The van der Waals surface area contributed by atoms with E-state index < -0.39 is 0 Å². The number of amides is 1. The Hall–Kier alpha value is -1.17. The first-order valence-electron chi connectivity index (χ1n) is 4.01. The molecule has 0 spiro atoms. The van der Waals surface area contributed by atoms with Crippen molar-refractivity contribution < 1.29 is 4.79 Å². The number of primary amides is 1. The Bertz CT molecular complexity index is 286. The number of hydrogen-bond donors (Lipinski definition) is 2. The molecule has 0 aromatic carbocycles. The molecule has 3 N–H and O–H groups in total. The molecule has 1 aromatic rings. The molecule has 1 amide bonds. The lowest BCUT2D eigenvalue weighted by Gasteiger charge is -1.98. The number of anilines is 1. The fourth-order valence-corrected chi connectivity index (χ4v) is 1.43. The number of carbonyl (C=O) groups is 1. The van der Waals surface area contributed by atoms with Gasteiger partial charge in [-0.25, -0.2) is 4.98 Å². The van der Waals surface area contributed by atoms with Crippen LogP contribution in [-0.4, -0.2) is 21.8 Å². The van der Waals surface area contributed by atoms with Crippen molar-refractivity contribution in [2.75, 3.05) is 11.9 Å². The molecule has 0 fully saturated rings. The molecule has 1 heterocycles. The Labute approximate surface area is 80.5 Å². The van der Waals surface area contributed by atoms with Crippen molar-refractivity contribution in [3.63, 3.8) is 0 Å². The molecule has 0 radical (unpaired) electrons. The molecule has 0 aliphatic carbocycles. The molecule has 0 aliphatic rings. The Morgan fingerprint density at radius 3 is 3.00 bits per heavy atom. The summed E-state index contributed by atoms with van der Waals surface area (Å²) in [5.41, 5.74) is 4.98. The van der Waals surface area contributed by atoms with Crippen LogP contribution in [0.4, 0.5) is 5.13 Å². The number of nitrogens with zero attached hydrogens (tertiary/aromatic N) is 2. The average molecular weight is 200 g/mol. The van der Waals surface area contributed by atoms with E-state index in [2.05, 4.69) is 14.7 Å². The minimum atomic E-state index is -0.268. The van der Waals surface area contributed by atoms with E-state index in [0.717, 1.165) is 17.4 Å². The quantitative estimate of drug-likeness (QED) is 0.679. The van der Waals surface area contributed by atoms with Crippen molar-refractivity contribution in [2.24, 2.45) is 5.73 Å². The maximum atomic E-state index is 10.4. The lowest BCUT2D eigenvalue weighted by Crippen LogP contribution is -2.12. The summed E-state index contributed by atoms with van der Waals surface area (Å²) in [4.78, 5) is 14.5. The van der Waals surface area contributed by atoms with Crippen molar-refractivity contribution in [3.8, 4) is 0 Å². The van der Waals surface area contributed by atoms with Gasteiger partial charge < -0.3 is 11.1 Å². The Balaban J connectivity index is 2.16. The standard InChI is InChI=1S/C7H12N4OS/c1-5-10-7(13-11-5)9-4-2-3-6(8)12/h2-4H2,1H3,(H2,8,12)(H,9,10,11). The van der Waals surface area contributed by atoms with Gasteiger partial charge in [-0.05, 0) is 13.3 Å². The highest BCUT2D eigenvalue weighted by molar-refractivity contribution is 7.09. The van der Waals surface area contributed by atoms with Crippen LogP contribution >= 0.6 is 11.5 Å². The van der Waals surface area contributed by atoms with Gasteiger partial charge in [0.05, 0.1) is 0 Å². The van der Waals surface area contributed by atoms with Crippen LogP contribution in [0.25, 0.3) is 0 Å². The SMILES string of the molecule is Cc1nsc(NCCCC(N)=O)n1. The number of carbonyl (C=O) groups excluding carboxylic acids is 1. The molecule has 1 aromatic heterocycles. The summed E-state index contributed by atoms with van der Waals surface area (Å²) in [6.07, 6.45) is 1.14. The fraction of sp³-hybridized carbons (Fsp3) is 0.571. The van der Waals surface area contributed by atoms with Gasteiger partial charge in [0.2, 0.25) is 11.0 Å². The molecule has 0 bridgehead atoms. The summed E-state index contributed by atoms with van der Waals surface area (Å²) < 4.78 is 4.01. The van der Waals surface area contributed by atoms with E-state index >= 15 is 0 Å². The van der Waals surface area contributed by atoms with Crippen LogP contribution in [0.1, 0.15) is 18.7 Å². The monoisotopic (exact) mass is 200 g/mol. The summed E-state index contributed by atoms with van der Waals surface area (Å²) in [5, 5.41) is 3.85. The third-order valence-corrected chi connectivity index (χ3v) is 2.17. The predicted molar refractivity (Wildman–Crippen MR) is 51.6 cm³/mol. The summed E-state index contributed by atoms with van der Waals surface area (Å²) in [6.45, 7) is 2.54. The zero-order valence-corrected chi connectivity index (χ0v) is 8.23. The van der Waals surface area contributed by atoms with Crippen LogP contribution in [0, 0.1) is 6.92 Å². The molecule has 5 nitrogen and oxygen atoms in total. The Kier molecular flexibility index (Phi) is 3.63. The van der Waals surface area contributed by atoms with E-state index in [0.29, 0.717) is 13.0 Å². The highest BCUT2D eigenvalue weighted by atomic mass is 32.1. The van der Waals surface area contributed by atoms with Gasteiger partial charge in [-0.1, -0.05) is 0 Å². The van der Waals surface area contributed by atoms with Crippen LogP contribution in [-0.2, 0) is 4.79 Å². The van der Waals surface area contributed by atoms with Gasteiger partial charge in [0.25, 0.3) is 0 Å². The zero-order valence-electron chi connectivity index (χ0n) is 7.41. The summed E-state index contributed by atoms with van der Waals surface area (Å²) in [5.74, 6) is 0.498. The third kappa shape index (κ3) is 3.84. The van der Waals surface area contributed by atoms with Gasteiger partial charge in [0.1, 0.15) is 5.82 Å². The van der Waals surface area contributed by atoms with E-state index in [1.807, 2.05) is 6.92 Å². The lowest BCUT2D eigenvalue weighted by molar-refractivity contribution is -0.118. The van der Waals surface area contributed by atoms with E-state index in [-0.39, 0.29) is 5.91 Å². The lowest BCUT2D eigenvalue weighted by atomic mass is 10.3. The van der Waals surface area contributed by atoms with Crippen molar-refractivity contribution in [2.45, 2.75) is 19.8 Å².